The Labute approximate surface area is 255 Å². The van der Waals surface area contributed by atoms with Gasteiger partial charge in [-0.3, -0.25) is 4.79 Å². The van der Waals surface area contributed by atoms with Crippen molar-refractivity contribution in [1.29, 1.82) is 0 Å². The van der Waals surface area contributed by atoms with E-state index in [4.69, 9.17) is 9.47 Å². The zero-order valence-corrected chi connectivity index (χ0v) is 25.3. The Morgan fingerprint density at radius 2 is 1.71 bits per heavy atom. The molecule has 18 heteroatoms. The molecule has 242 valence electrons. The van der Waals surface area contributed by atoms with Crippen molar-refractivity contribution in [3.63, 3.8) is 0 Å². The molecule has 0 spiro atoms. The normalized spacial score (nSPS) is 14.5. The summed E-state index contributed by atoms with van der Waals surface area (Å²) in [5.74, 6) is -0.561. The zero-order chi connectivity index (χ0) is 33.2. The number of sulfonamides is 1. The Kier molecular flexibility index (Phi) is 9.27. The highest BCUT2D eigenvalue weighted by atomic mass is 32.2. The highest BCUT2D eigenvalue weighted by molar-refractivity contribution is 7.90. The SMILES string of the molecule is Cc1ccc(-c2cc(C(F)(F)F)nn2-c2ccc(S(=O)(=O)NC(=O)OC3CN([N+]([O-])=NOCOC(=O)C(C)(C)C)C3)cc2)cc1. The predicted octanol–water partition coefficient (Wildman–Crippen LogP) is 4.32. The molecule has 0 saturated carbocycles. The number of aryl methyl sites for hydroxylation is 1. The van der Waals surface area contributed by atoms with E-state index in [1.807, 2.05) is 6.92 Å². The molecule has 1 fully saturated rings. The lowest BCUT2D eigenvalue weighted by Crippen LogP contribution is -2.56. The smallest absolute Gasteiger partial charge is 0.435 e. The van der Waals surface area contributed by atoms with Crippen LogP contribution in [0.1, 0.15) is 32.0 Å². The van der Waals surface area contributed by atoms with Crippen molar-refractivity contribution in [3.05, 3.63) is 71.1 Å². The lowest BCUT2D eigenvalue weighted by Gasteiger charge is -2.33. The average Bonchev–Trinajstić information content (AvgIpc) is 3.38. The molecule has 0 aliphatic carbocycles. The van der Waals surface area contributed by atoms with Crippen molar-refractivity contribution in [2.45, 2.75) is 44.9 Å². The van der Waals surface area contributed by atoms with E-state index in [1.165, 1.54) is 12.1 Å². The topological polar surface area (TPSA) is 167 Å². The molecule has 0 atom stereocenters. The van der Waals surface area contributed by atoms with E-state index in [0.717, 1.165) is 33.5 Å². The van der Waals surface area contributed by atoms with Gasteiger partial charge in [0.05, 0.1) is 26.7 Å². The highest BCUT2D eigenvalue weighted by Gasteiger charge is 2.38. The molecule has 14 nitrogen and oxygen atoms in total. The number of aromatic nitrogens is 2. The lowest BCUT2D eigenvalue weighted by molar-refractivity contribution is -0.727. The number of esters is 1. The first-order valence-electron chi connectivity index (χ1n) is 13.2. The van der Waals surface area contributed by atoms with Gasteiger partial charge in [-0.25, -0.2) is 22.6 Å². The van der Waals surface area contributed by atoms with Crippen LogP contribution in [0.5, 0.6) is 0 Å². The van der Waals surface area contributed by atoms with Gasteiger partial charge in [0, 0.05) is 5.56 Å². The largest absolute Gasteiger partial charge is 0.569 e. The number of rotatable bonds is 9. The van der Waals surface area contributed by atoms with Gasteiger partial charge in [0.15, 0.2) is 5.69 Å². The molecule has 0 unspecified atom stereocenters. The summed E-state index contributed by atoms with van der Waals surface area (Å²) in [5, 5.41) is 19.8. The third-order valence-corrected chi connectivity index (χ3v) is 7.61. The first-order chi connectivity index (χ1) is 20.9. The first kappa shape index (κ1) is 33.0. The minimum absolute atomic E-state index is 0.0580. The van der Waals surface area contributed by atoms with Gasteiger partial charge in [-0.1, -0.05) is 29.8 Å². The first-order valence-corrected chi connectivity index (χ1v) is 14.7. The maximum atomic E-state index is 13.5. The fraction of sp³-hybridized carbons (Fsp3) is 0.370. The van der Waals surface area contributed by atoms with Crippen LogP contribution in [0.3, 0.4) is 0 Å². The molecule has 1 saturated heterocycles. The lowest BCUT2D eigenvalue weighted by atomic mass is 9.98. The number of halogens is 3. The van der Waals surface area contributed by atoms with Crippen LogP contribution in [0.2, 0.25) is 0 Å². The minimum Gasteiger partial charge on any atom is -0.569 e. The maximum Gasteiger partial charge on any atom is 0.435 e. The van der Waals surface area contributed by atoms with E-state index in [-0.39, 0.29) is 34.3 Å². The van der Waals surface area contributed by atoms with Gasteiger partial charge < -0.3 is 19.5 Å². The van der Waals surface area contributed by atoms with Crippen LogP contribution < -0.4 is 4.72 Å². The van der Waals surface area contributed by atoms with Crippen molar-refractivity contribution < 1.29 is 50.5 Å². The molecule has 0 bridgehead atoms. The molecular formula is C27H29F3N6O8S. The van der Waals surface area contributed by atoms with Gasteiger partial charge in [-0.15, -0.1) is 5.01 Å². The molecule has 1 aromatic heterocycles. The van der Waals surface area contributed by atoms with Gasteiger partial charge in [0.1, 0.15) is 19.2 Å². The third-order valence-electron chi connectivity index (χ3n) is 6.28. The molecule has 0 radical (unpaired) electrons. The number of amides is 1. The quantitative estimate of drug-likeness (QED) is 0.0876. The summed E-state index contributed by atoms with van der Waals surface area (Å²) in [7, 11) is -4.44. The van der Waals surface area contributed by atoms with Gasteiger partial charge >= 0.3 is 18.2 Å². The van der Waals surface area contributed by atoms with Gasteiger partial charge in [-0.2, -0.15) is 18.3 Å². The van der Waals surface area contributed by atoms with Crippen molar-refractivity contribution in [2.24, 2.45) is 10.7 Å². The van der Waals surface area contributed by atoms with Crippen LogP contribution in [0.4, 0.5) is 18.0 Å². The third kappa shape index (κ3) is 8.20. The summed E-state index contributed by atoms with van der Waals surface area (Å²) in [6.07, 6.45) is -6.88. The second kappa shape index (κ2) is 12.6. The average molecular weight is 655 g/mol. The van der Waals surface area contributed by atoms with Crippen molar-refractivity contribution >= 4 is 22.1 Å². The summed E-state index contributed by atoms with van der Waals surface area (Å²) in [4.78, 5) is 28.2. The monoisotopic (exact) mass is 654 g/mol. The molecular weight excluding hydrogens is 625 g/mol. The van der Waals surface area contributed by atoms with Crippen LogP contribution >= 0.6 is 0 Å². The number of hydrazine groups is 1. The summed E-state index contributed by atoms with van der Waals surface area (Å²) in [6.45, 7) is 5.87. The fourth-order valence-corrected chi connectivity index (χ4v) is 4.69. The molecule has 3 aromatic rings. The van der Waals surface area contributed by atoms with Gasteiger partial charge in [-0.05, 0) is 58.0 Å². The highest BCUT2D eigenvalue weighted by Crippen LogP contribution is 2.33. The van der Waals surface area contributed by atoms with Crippen LogP contribution in [0.25, 0.3) is 16.9 Å². The Balaban J connectivity index is 1.34. The summed E-state index contributed by atoms with van der Waals surface area (Å²) < 4.78 is 78.5. The van der Waals surface area contributed by atoms with E-state index in [0.29, 0.717) is 5.56 Å². The number of carbonyl (C=O) groups is 2. The summed E-state index contributed by atoms with van der Waals surface area (Å²) >= 11 is 0. The van der Waals surface area contributed by atoms with Crippen molar-refractivity contribution in [2.75, 3.05) is 19.9 Å². The van der Waals surface area contributed by atoms with Gasteiger partial charge in [0.2, 0.25) is 5.28 Å². The Bertz CT molecular complexity index is 1680. The molecule has 2 aromatic carbocycles. The van der Waals surface area contributed by atoms with Crippen LogP contribution in [0, 0.1) is 17.5 Å². The number of carbonyl (C=O) groups excluding carboxylic acids is 2. The van der Waals surface area contributed by atoms with E-state index < -0.39 is 52.3 Å². The number of nitrogens with zero attached hydrogens (tertiary/aromatic N) is 5. The number of nitrogens with one attached hydrogen (secondary N) is 1. The fourth-order valence-electron chi connectivity index (χ4n) is 3.81. The van der Waals surface area contributed by atoms with Crippen LogP contribution in [-0.2, 0) is 35.3 Å². The molecule has 2 heterocycles. The number of hydrogen-bond acceptors (Lipinski definition) is 10. The van der Waals surface area contributed by atoms with E-state index in [9.17, 15) is 36.4 Å². The molecule has 45 heavy (non-hydrogen) atoms. The minimum atomic E-state index is -4.72. The second-order valence-electron chi connectivity index (χ2n) is 11.0. The summed E-state index contributed by atoms with van der Waals surface area (Å²) in [5.41, 5.74) is -0.258. The van der Waals surface area contributed by atoms with E-state index in [2.05, 4.69) is 15.2 Å². The molecule has 4 rings (SSSR count). The van der Waals surface area contributed by atoms with Gasteiger partial charge in [0.25, 0.3) is 16.8 Å². The van der Waals surface area contributed by atoms with Crippen molar-refractivity contribution in [1.82, 2.24) is 19.5 Å². The zero-order valence-electron chi connectivity index (χ0n) is 24.4. The molecule has 1 aliphatic rings. The number of ether oxygens (including phenoxy) is 2. The Hall–Kier alpha value is -4.87. The number of benzene rings is 2. The molecule has 1 N–H and O–H groups in total. The molecule has 1 aliphatic heterocycles. The number of alkyl halides is 3. The summed E-state index contributed by atoms with van der Waals surface area (Å²) in [6, 6.07) is 12.3. The van der Waals surface area contributed by atoms with Crippen molar-refractivity contribution in [3.8, 4) is 16.9 Å². The van der Waals surface area contributed by atoms with E-state index in [1.54, 1.807) is 49.8 Å². The Morgan fingerprint density at radius 1 is 1.09 bits per heavy atom. The number of hydrogen-bond donors (Lipinski definition) is 1. The van der Waals surface area contributed by atoms with Crippen LogP contribution in [0.15, 0.2) is 64.8 Å². The molecule has 1 amide bonds. The Morgan fingerprint density at radius 3 is 2.29 bits per heavy atom. The van der Waals surface area contributed by atoms with E-state index >= 15 is 0 Å². The predicted molar refractivity (Wildman–Crippen MR) is 148 cm³/mol. The standard InChI is InChI=1S/C27H29F3N6O8S/c1-17-5-7-18(8-6-17)22-13-23(27(28,29)30)31-35(22)19-9-11-21(12-10-19)45(40,41)32-25(38)44-20-14-34(15-20)36(39)33-43-16-42-24(37)26(2,3)4/h5-13,20H,14-16H2,1-4H3,(H,32,38). The van der Waals surface area contributed by atoms with Crippen LogP contribution in [-0.4, -0.2) is 66.2 Å². The maximum absolute atomic E-state index is 13.5. The second-order valence-corrected chi connectivity index (χ2v) is 12.6.